The zero-order valence-corrected chi connectivity index (χ0v) is 8.83. The van der Waals surface area contributed by atoms with Crippen LogP contribution in [-0.2, 0) is 0 Å². The van der Waals surface area contributed by atoms with Crippen LogP contribution < -0.4 is 10.1 Å². The third-order valence-corrected chi connectivity index (χ3v) is 2.00. The molecule has 0 saturated carbocycles. The van der Waals surface area contributed by atoms with E-state index in [2.05, 4.69) is 10.1 Å². The fraction of sp³-hybridized carbons (Fsp3) is 0.455. The average molecular weight is 231 g/mol. The number of alkyl halides is 2. The summed E-state index contributed by atoms with van der Waals surface area (Å²) >= 11 is 0. The number of ether oxygens (including phenoxy) is 1. The van der Waals surface area contributed by atoms with Gasteiger partial charge in [0.15, 0.2) is 0 Å². The Bertz CT molecular complexity index is 308. The minimum absolute atomic E-state index is 0.136. The van der Waals surface area contributed by atoms with E-state index in [9.17, 15) is 8.78 Å². The van der Waals surface area contributed by atoms with E-state index in [4.69, 9.17) is 5.11 Å². The molecule has 0 aliphatic heterocycles. The van der Waals surface area contributed by atoms with Gasteiger partial charge in [-0.25, -0.2) is 0 Å². The van der Waals surface area contributed by atoms with Gasteiger partial charge in [0.05, 0.1) is 5.69 Å². The Balaban J connectivity index is 2.50. The molecule has 0 fully saturated rings. The van der Waals surface area contributed by atoms with Crippen LogP contribution in [0.1, 0.15) is 12.8 Å². The maximum atomic E-state index is 12.1. The number of aliphatic hydroxyl groups is 1. The largest absolute Gasteiger partial charge is 0.433 e. The third kappa shape index (κ3) is 4.44. The lowest BCUT2D eigenvalue weighted by atomic mass is 10.2. The zero-order chi connectivity index (χ0) is 11.8. The highest BCUT2D eigenvalue weighted by molar-refractivity contribution is 5.56. The van der Waals surface area contributed by atoms with Gasteiger partial charge in [-0.3, -0.25) is 0 Å². The first-order valence-electron chi connectivity index (χ1n) is 5.12. The first kappa shape index (κ1) is 12.7. The van der Waals surface area contributed by atoms with Crippen LogP contribution in [0.25, 0.3) is 0 Å². The van der Waals surface area contributed by atoms with Crippen molar-refractivity contribution in [1.82, 2.24) is 0 Å². The monoisotopic (exact) mass is 231 g/mol. The van der Waals surface area contributed by atoms with Crippen LogP contribution in [0.15, 0.2) is 24.3 Å². The topological polar surface area (TPSA) is 41.5 Å². The minimum Gasteiger partial charge on any atom is -0.433 e. The van der Waals surface area contributed by atoms with Gasteiger partial charge >= 0.3 is 6.61 Å². The normalized spacial score (nSPS) is 10.5. The number of hydrogen-bond donors (Lipinski definition) is 2. The quantitative estimate of drug-likeness (QED) is 0.708. The van der Waals surface area contributed by atoms with E-state index in [1.807, 2.05) is 0 Å². The van der Waals surface area contributed by atoms with E-state index in [0.717, 1.165) is 6.42 Å². The number of halogens is 2. The molecule has 1 aromatic rings. The number of unbranched alkanes of at least 4 members (excludes halogenated alkanes) is 1. The Kier molecular flexibility index (Phi) is 5.56. The molecule has 0 bridgehead atoms. The number of para-hydroxylation sites is 2. The molecule has 0 spiro atoms. The molecule has 0 aromatic heterocycles. The molecule has 90 valence electrons. The molecule has 1 rings (SSSR count). The fourth-order valence-corrected chi connectivity index (χ4v) is 1.27. The summed E-state index contributed by atoms with van der Waals surface area (Å²) in [4.78, 5) is 0. The summed E-state index contributed by atoms with van der Waals surface area (Å²) in [7, 11) is 0. The smallest absolute Gasteiger partial charge is 0.387 e. The van der Waals surface area contributed by atoms with Gasteiger partial charge in [-0.2, -0.15) is 8.78 Å². The van der Waals surface area contributed by atoms with Crippen LogP contribution in [0.5, 0.6) is 5.75 Å². The number of anilines is 1. The Labute approximate surface area is 93.0 Å². The Morgan fingerprint density at radius 2 is 2.00 bits per heavy atom. The molecular weight excluding hydrogens is 216 g/mol. The SMILES string of the molecule is OCCCCNc1ccccc1OC(F)F. The second-order valence-electron chi connectivity index (χ2n) is 3.23. The number of hydrogen-bond acceptors (Lipinski definition) is 3. The van der Waals surface area contributed by atoms with Gasteiger partial charge in [0.1, 0.15) is 5.75 Å². The molecule has 0 saturated heterocycles. The Morgan fingerprint density at radius 1 is 1.25 bits per heavy atom. The third-order valence-electron chi connectivity index (χ3n) is 2.00. The van der Waals surface area contributed by atoms with Crippen LogP contribution >= 0.6 is 0 Å². The summed E-state index contributed by atoms with van der Waals surface area (Å²) in [5, 5.41) is 11.6. The first-order valence-corrected chi connectivity index (χ1v) is 5.12. The van der Waals surface area contributed by atoms with Crippen molar-refractivity contribution in [3.05, 3.63) is 24.3 Å². The van der Waals surface area contributed by atoms with Gasteiger partial charge in [0.25, 0.3) is 0 Å². The summed E-state index contributed by atoms with van der Waals surface area (Å²) in [6, 6.07) is 6.54. The maximum Gasteiger partial charge on any atom is 0.387 e. The summed E-state index contributed by atoms with van der Waals surface area (Å²) in [6.45, 7) is -2.07. The van der Waals surface area contributed by atoms with Crippen LogP contribution in [-0.4, -0.2) is 24.9 Å². The standard InChI is InChI=1S/C11H15F2NO2/c12-11(13)16-10-6-2-1-5-9(10)14-7-3-4-8-15/h1-2,5-6,11,14-15H,3-4,7-8H2. The van der Waals surface area contributed by atoms with Crippen LogP contribution in [0.4, 0.5) is 14.5 Å². The van der Waals surface area contributed by atoms with E-state index in [-0.39, 0.29) is 12.4 Å². The van der Waals surface area contributed by atoms with E-state index >= 15 is 0 Å². The number of aliphatic hydroxyl groups excluding tert-OH is 1. The molecule has 0 unspecified atom stereocenters. The molecule has 5 heteroatoms. The minimum atomic E-state index is -2.82. The predicted molar refractivity (Wildman–Crippen MR) is 57.9 cm³/mol. The molecule has 0 aliphatic rings. The van der Waals surface area contributed by atoms with Gasteiger partial charge < -0.3 is 15.2 Å². The molecule has 3 nitrogen and oxygen atoms in total. The number of rotatable bonds is 7. The molecule has 1 aromatic carbocycles. The predicted octanol–water partition coefficient (Wildman–Crippen LogP) is 2.47. The number of nitrogens with one attached hydrogen (secondary N) is 1. The van der Waals surface area contributed by atoms with Crippen molar-refractivity contribution in [1.29, 1.82) is 0 Å². The van der Waals surface area contributed by atoms with Crippen LogP contribution in [0.3, 0.4) is 0 Å². The van der Waals surface area contributed by atoms with Crippen molar-refractivity contribution < 1.29 is 18.6 Å². The second-order valence-corrected chi connectivity index (χ2v) is 3.23. The van der Waals surface area contributed by atoms with E-state index in [1.165, 1.54) is 6.07 Å². The van der Waals surface area contributed by atoms with Crippen molar-refractivity contribution in [2.24, 2.45) is 0 Å². The summed E-state index contributed by atoms with van der Waals surface area (Å²) < 4.78 is 28.5. The van der Waals surface area contributed by atoms with E-state index in [1.54, 1.807) is 18.2 Å². The summed E-state index contributed by atoms with van der Waals surface area (Å²) in [5.74, 6) is 0.140. The molecule has 0 heterocycles. The van der Waals surface area contributed by atoms with Gasteiger partial charge in [0, 0.05) is 13.2 Å². The highest BCUT2D eigenvalue weighted by Crippen LogP contribution is 2.25. The molecule has 0 amide bonds. The van der Waals surface area contributed by atoms with Crippen molar-refractivity contribution in [2.45, 2.75) is 19.5 Å². The van der Waals surface area contributed by atoms with Crippen LogP contribution in [0, 0.1) is 0 Å². The Hall–Kier alpha value is -1.36. The Morgan fingerprint density at radius 3 is 2.69 bits per heavy atom. The second kappa shape index (κ2) is 7.00. The molecular formula is C11H15F2NO2. The highest BCUT2D eigenvalue weighted by Gasteiger charge is 2.07. The van der Waals surface area contributed by atoms with Gasteiger partial charge in [-0.15, -0.1) is 0 Å². The summed E-state index contributed by atoms with van der Waals surface area (Å²) in [5.41, 5.74) is 0.542. The molecule has 0 radical (unpaired) electrons. The average Bonchev–Trinajstić information content (AvgIpc) is 2.26. The van der Waals surface area contributed by atoms with Gasteiger partial charge in [-0.05, 0) is 25.0 Å². The molecule has 0 atom stereocenters. The van der Waals surface area contributed by atoms with Gasteiger partial charge in [-0.1, -0.05) is 12.1 Å². The maximum absolute atomic E-state index is 12.1. The number of benzene rings is 1. The molecule has 0 aliphatic carbocycles. The first-order chi connectivity index (χ1) is 7.74. The van der Waals surface area contributed by atoms with Crippen LogP contribution in [0.2, 0.25) is 0 Å². The van der Waals surface area contributed by atoms with Crippen molar-refractivity contribution in [3.63, 3.8) is 0 Å². The van der Waals surface area contributed by atoms with Gasteiger partial charge in [0.2, 0.25) is 0 Å². The van der Waals surface area contributed by atoms with E-state index < -0.39 is 6.61 Å². The lowest BCUT2D eigenvalue weighted by Gasteiger charge is -2.12. The molecule has 16 heavy (non-hydrogen) atoms. The summed E-state index contributed by atoms with van der Waals surface area (Å²) in [6.07, 6.45) is 1.46. The lowest BCUT2D eigenvalue weighted by molar-refractivity contribution is -0.0493. The fourth-order valence-electron chi connectivity index (χ4n) is 1.27. The lowest BCUT2D eigenvalue weighted by Crippen LogP contribution is -2.07. The van der Waals surface area contributed by atoms with E-state index in [0.29, 0.717) is 18.7 Å². The van der Waals surface area contributed by atoms with Crippen molar-refractivity contribution in [3.8, 4) is 5.75 Å². The van der Waals surface area contributed by atoms with Crippen molar-refractivity contribution >= 4 is 5.69 Å². The molecule has 2 N–H and O–H groups in total. The zero-order valence-electron chi connectivity index (χ0n) is 8.83. The van der Waals surface area contributed by atoms with Crippen molar-refractivity contribution in [2.75, 3.05) is 18.5 Å². The highest BCUT2D eigenvalue weighted by atomic mass is 19.3.